The van der Waals surface area contributed by atoms with Crippen LogP contribution in [0, 0.1) is 0 Å². The van der Waals surface area contributed by atoms with Crippen LogP contribution < -0.4 is 14.8 Å². The summed E-state index contributed by atoms with van der Waals surface area (Å²) >= 11 is 3.28. The molecule has 108 valence electrons. The number of carbonyl (C=O) groups excluding carboxylic acids is 1. The summed E-state index contributed by atoms with van der Waals surface area (Å²) in [7, 11) is 1.27. The van der Waals surface area contributed by atoms with E-state index >= 15 is 0 Å². The maximum absolute atomic E-state index is 12.0. The summed E-state index contributed by atoms with van der Waals surface area (Å²) in [5.74, 6) is -0.556. The summed E-state index contributed by atoms with van der Waals surface area (Å²) < 4.78 is 15.7. The summed E-state index contributed by atoms with van der Waals surface area (Å²) in [6, 6.07) is 3.11. The summed E-state index contributed by atoms with van der Waals surface area (Å²) in [5, 5.41) is 11.3. The summed E-state index contributed by atoms with van der Waals surface area (Å²) in [6.07, 6.45) is -1.09. The van der Waals surface area contributed by atoms with Crippen molar-refractivity contribution in [2.75, 3.05) is 20.4 Å². The number of carbonyl (C=O) groups is 2. The van der Waals surface area contributed by atoms with Crippen LogP contribution >= 0.6 is 15.9 Å². The van der Waals surface area contributed by atoms with Gasteiger partial charge in [0.25, 0.3) is 5.91 Å². The Morgan fingerprint density at radius 2 is 2.25 bits per heavy atom. The Bertz CT molecular complexity index is 547. The highest BCUT2D eigenvalue weighted by atomic mass is 79.9. The molecular weight excluding hydrogens is 334 g/mol. The number of fused-ring (bicyclic) bond motifs is 1. The molecular formula is C12H12BrNO6. The molecule has 20 heavy (non-hydrogen) atoms. The van der Waals surface area contributed by atoms with Gasteiger partial charge in [-0.05, 0) is 28.1 Å². The minimum atomic E-state index is -1.14. The molecule has 0 aromatic heterocycles. The van der Waals surface area contributed by atoms with E-state index in [0.29, 0.717) is 21.5 Å². The SMILES string of the molecule is COC(CNC(=O)c1cc(Br)c2c(c1)OCO2)C(=O)O. The molecule has 7 nitrogen and oxygen atoms in total. The summed E-state index contributed by atoms with van der Waals surface area (Å²) in [4.78, 5) is 22.7. The van der Waals surface area contributed by atoms with E-state index < -0.39 is 18.0 Å². The van der Waals surface area contributed by atoms with Gasteiger partial charge in [-0.15, -0.1) is 0 Å². The average Bonchev–Trinajstić information content (AvgIpc) is 2.87. The first-order valence-corrected chi connectivity index (χ1v) is 6.45. The zero-order chi connectivity index (χ0) is 14.7. The highest BCUT2D eigenvalue weighted by Crippen LogP contribution is 2.39. The zero-order valence-electron chi connectivity index (χ0n) is 10.5. The maximum atomic E-state index is 12.0. The molecule has 1 amide bonds. The Morgan fingerprint density at radius 1 is 1.50 bits per heavy atom. The van der Waals surface area contributed by atoms with Crippen molar-refractivity contribution < 1.29 is 28.9 Å². The second-order valence-corrected chi connectivity index (χ2v) is 4.82. The number of rotatable bonds is 5. The largest absolute Gasteiger partial charge is 0.479 e. The number of hydrogen-bond acceptors (Lipinski definition) is 5. The third-order valence-corrected chi connectivity index (χ3v) is 3.29. The van der Waals surface area contributed by atoms with Gasteiger partial charge in [-0.1, -0.05) is 0 Å². The molecule has 0 bridgehead atoms. The Balaban J connectivity index is 2.07. The Labute approximate surface area is 122 Å². The van der Waals surface area contributed by atoms with Crippen molar-refractivity contribution >= 4 is 27.8 Å². The molecule has 1 aromatic carbocycles. The zero-order valence-corrected chi connectivity index (χ0v) is 12.1. The smallest absolute Gasteiger partial charge is 0.334 e. The van der Waals surface area contributed by atoms with Gasteiger partial charge < -0.3 is 24.6 Å². The standard InChI is InChI=1S/C12H12BrNO6/c1-18-9(12(16)17)4-14-11(15)6-2-7(13)10-8(3-6)19-5-20-10/h2-3,9H,4-5H2,1H3,(H,14,15)(H,16,17). The van der Waals surface area contributed by atoms with E-state index in [1.165, 1.54) is 13.2 Å². The molecule has 0 saturated heterocycles. The first-order valence-electron chi connectivity index (χ1n) is 5.66. The van der Waals surface area contributed by atoms with E-state index in [2.05, 4.69) is 21.2 Å². The molecule has 1 aliphatic heterocycles. The fraction of sp³-hybridized carbons (Fsp3) is 0.333. The molecule has 1 unspecified atom stereocenters. The molecule has 0 spiro atoms. The van der Waals surface area contributed by atoms with Gasteiger partial charge >= 0.3 is 5.97 Å². The van der Waals surface area contributed by atoms with E-state index in [1.807, 2.05) is 0 Å². The van der Waals surface area contributed by atoms with Gasteiger partial charge in [0.15, 0.2) is 17.6 Å². The van der Waals surface area contributed by atoms with E-state index in [-0.39, 0.29) is 13.3 Å². The molecule has 1 aliphatic rings. The van der Waals surface area contributed by atoms with Crippen molar-refractivity contribution in [3.63, 3.8) is 0 Å². The number of ether oxygens (including phenoxy) is 3. The summed E-state index contributed by atoms with van der Waals surface area (Å²) in [6.45, 7) is -0.0273. The second kappa shape index (κ2) is 6.10. The lowest BCUT2D eigenvalue weighted by molar-refractivity contribution is -0.148. The van der Waals surface area contributed by atoms with Gasteiger partial charge in [-0.2, -0.15) is 0 Å². The van der Waals surface area contributed by atoms with Gasteiger partial charge in [-0.3, -0.25) is 4.79 Å². The molecule has 8 heteroatoms. The average molecular weight is 346 g/mol. The van der Waals surface area contributed by atoms with Crippen LogP contribution in [0.25, 0.3) is 0 Å². The number of nitrogens with one attached hydrogen (secondary N) is 1. The molecule has 0 saturated carbocycles. The van der Waals surface area contributed by atoms with E-state index in [0.717, 1.165) is 0 Å². The Kier molecular flexibility index (Phi) is 4.46. The number of amides is 1. The first kappa shape index (κ1) is 14.6. The molecule has 1 heterocycles. The molecule has 1 atom stereocenters. The highest BCUT2D eigenvalue weighted by molar-refractivity contribution is 9.10. The van der Waals surface area contributed by atoms with Crippen LogP contribution in [0.1, 0.15) is 10.4 Å². The first-order chi connectivity index (χ1) is 9.52. The van der Waals surface area contributed by atoms with E-state index in [1.54, 1.807) is 6.07 Å². The van der Waals surface area contributed by atoms with Gasteiger partial charge in [-0.25, -0.2) is 4.79 Å². The lowest BCUT2D eigenvalue weighted by Gasteiger charge is -2.12. The normalized spacial score (nSPS) is 13.9. The molecule has 0 radical (unpaired) electrons. The maximum Gasteiger partial charge on any atom is 0.334 e. The molecule has 2 N–H and O–H groups in total. The van der Waals surface area contributed by atoms with Crippen LogP contribution in [0.2, 0.25) is 0 Å². The monoisotopic (exact) mass is 345 g/mol. The highest BCUT2D eigenvalue weighted by Gasteiger charge is 2.22. The Hall–Kier alpha value is -1.80. The number of aliphatic carboxylic acids is 1. The van der Waals surface area contributed by atoms with Gasteiger partial charge in [0.05, 0.1) is 11.0 Å². The fourth-order valence-corrected chi connectivity index (χ4v) is 2.21. The van der Waals surface area contributed by atoms with Gasteiger partial charge in [0.1, 0.15) is 0 Å². The second-order valence-electron chi connectivity index (χ2n) is 3.96. The predicted molar refractivity (Wildman–Crippen MR) is 71.0 cm³/mol. The molecule has 0 aliphatic carbocycles. The topological polar surface area (TPSA) is 94.1 Å². The van der Waals surface area contributed by atoms with Crippen LogP contribution in [0.4, 0.5) is 0 Å². The third-order valence-electron chi connectivity index (χ3n) is 2.70. The van der Waals surface area contributed by atoms with Crippen LogP contribution in [0.3, 0.4) is 0 Å². The van der Waals surface area contributed by atoms with E-state index in [9.17, 15) is 9.59 Å². The number of carboxylic acid groups (broad SMARTS) is 1. The lowest BCUT2D eigenvalue weighted by Crippen LogP contribution is -2.37. The minimum Gasteiger partial charge on any atom is -0.479 e. The number of hydrogen-bond donors (Lipinski definition) is 2. The predicted octanol–water partition coefficient (Wildman–Crippen LogP) is 1.01. The van der Waals surface area contributed by atoms with E-state index in [4.69, 9.17) is 19.3 Å². The van der Waals surface area contributed by atoms with Crippen molar-refractivity contribution in [1.29, 1.82) is 0 Å². The van der Waals surface area contributed by atoms with Crippen LogP contribution in [-0.2, 0) is 9.53 Å². The number of carboxylic acids is 1. The Morgan fingerprint density at radius 3 is 2.90 bits per heavy atom. The van der Waals surface area contributed by atoms with Crippen molar-refractivity contribution in [3.8, 4) is 11.5 Å². The van der Waals surface area contributed by atoms with Crippen LogP contribution in [0.5, 0.6) is 11.5 Å². The van der Waals surface area contributed by atoms with Gasteiger partial charge in [0, 0.05) is 12.7 Å². The van der Waals surface area contributed by atoms with Crippen molar-refractivity contribution in [2.24, 2.45) is 0 Å². The minimum absolute atomic E-state index is 0.101. The summed E-state index contributed by atoms with van der Waals surface area (Å²) in [5.41, 5.74) is 0.335. The van der Waals surface area contributed by atoms with Crippen molar-refractivity contribution in [2.45, 2.75) is 6.10 Å². The fourth-order valence-electron chi connectivity index (χ4n) is 1.66. The van der Waals surface area contributed by atoms with Gasteiger partial charge in [0.2, 0.25) is 6.79 Å². The van der Waals surface area contributed by atoms with Crippen LogP contribution in [0.15, 0.2) is 16.6 Å². The molecule has 1 aromatic rings. The molecule has 2 rings (SSSR count). The number of methoxy groups -OCH3 is 1. The number of halogens is 1. The van der Waals surface area contributed by atoms with Crippen molar-refractivity contribution in [1.82, 2.24) is 5.32 Å². The van der Waals surface area contributed by atoms with Crippen LogP contribution in [-0.4, -0.2) is 43.5 Å². The third kappa shape index (κ3) is 3.02. The molecule has 0 fully saturated rings. The quantitative estimate of drug-likeness (QED) is 0.826. The number of benzene rings is 1. The van der Waals surface area contributed by atoms with Crippen molar-refractivity contribution in [3.05, 3.63) is 22.2 Å². The lowest BCUT2D eigenvalue weighted by atomic mass is 10.2.